The molecule has 1 atom stereocenters. The van der Waals surface area contributed by atoms with Crippen molar-refractivity contribution in [3.63, 3.8) is 0 Å². The van der Waals surface area contributed by atoms with Crippen molar-refractivity contribution in [1.29, 1.82) is 0 Å². The van der Waals surface area contributed by atoms with Crippen LogP contribution in [-0.2, 0) is 0 Å². The van der Waals surface area contributed by atoms with Crippen LogP contribution >= 0.6 is 0 Å². The van der Waals surface area contributed by atoms with Crippen LogP contribution in [0.3, 0.4) is 0 Å². The van der Waals surface area contributed by atoms with Crippen LogP contribution in [0.1, 0.15) is 32.1 Å². The molecule has 0 bridgehead atoms. The Labute approximate surface area is 293 Å². The molecule has 0 N–H and O–H groups in total. The Morgan fingerprint density at radius 1 is 0.500 bits per heavy atom. The summed E-state index contributed by atoms with van der Waals surface area (Å²) in [6, 6.07) is 42.3. The molecule has 2 aromatic heterocycles. The van der Waals surface area contributed by atoms with E-state index in [2.05, 4.69) is 173 Å². The summed E-state index contributed by atoms with van der Waals surface area (Å²) in [5.74, 6) is 0.492. The van der Waals surface area contributed by atoms with Gasteiger partial charge in [-0.1, -0.05) is 121 Å². The fourth-order valence-corrected chi connectivity index (χ4v) is 8.59. The van der Waals surface area contributed by atoms with Gasteiger partial charge in [-0.05, 0) is 102 Å². The van der Waals surface area contributed by atoms with Crippen molar-refractivity contribution in [2.75, 3.05) is 0 Å². The number of hydrogen-bond donors (Lipinski definition) is 0. The largest absolute Gasteiger partial charge is 0.313 e. The number of fused-ring (bicyclic) bond motifs is 7. The van der Waals surface area contributed by atoms with Crippen molar-refractivity contribution in [2.45, 2.75) is 32.1 Å². The van der Waals surface area contributed by atoms with E-state index in [0.29, 0.717) is 5.92 Å². The monoisotopic (exact) mass is 642 g/mol. The SMILES string of the molecule is C1=CC(C2C=CC(C3=CCCC(n4c5ccccc5c5c6c7ccccc7n(-c7ccc(-c8ccccc8)cc7)c6ccc54)=C3)=CC2)=CCC1. The summed E-state index contributed by atoms with van der Waals surface area (Å²) >= 11 is 0. The zero-order chi connectivity index (χ0) is 33.0. The third-order valence-electron chi connectivity index (χ3n) is 11.0. The van der Waals surface area contributed by atoms with Crippen LogP contribution in [0.5, 0.6) is 0 Å². The lowest BCUT2D eigenvalue weighted by atomic mass is 9.85. The second-order valence-corrected chi connectivity index (χ2v) is 13.9. The summed E-state index contributed by atoms with van der Waals surface area (Å²) in [4.78, 5) is 0. The second-order valence-electron chi connectivity index (χ2n) is 13.9. The number of hydrogen-bond acceptors (Lipinski definition) is 0. The fourth-order valence-electron chi connectivity index (χ4n) is 8.59. The van der Waals surface area contributed by atoms with Crippen LogP contribution in [0.15, 0.2) is 181 Å². The van der Waals surface area contributed by atoms with Gasteiger partial charge >= 0.3 is 0 Å². The minimum atomic E-state index is 0.492. The van der Waals surface area contributed by atoms with Crippen molar-refractivity contribution in [3.05, 3.63) is 181 Å². The van der Waals surface area contributed by atoms with E-state index in [1.165, 1.54) is 89.3 Å². The van der Waals surface area contributed by atoms with Crippen LogP contribution in [0, 0.1) is 5.92 Å². The molecule has 5 aromatic carbocycles. The molecule has 10 rings (SSSR count). The molecule has 0 spiro atoms. The maximum atomic E-state index is 2.55. The average Bonchev–Trinajstić information content (AvgIpc) is 3.72. The first-order chi connectivity index (χ1) is 24.8. The number of rotatable bonds is 5. The predicted octanol–water partition coefficient (Wildman–Crippen LogP) is 12.9. The van der Waals surface area contributed by atoms with Crippen LogP contribution in [0.2, 0.25) is 0 Å². The standard InChI is InChI=1S/C48H38N2/c1-3-12-33(13-4-1)35-22-24-37(25-23-35)38-16-11-17-40(32-38)50-44-21-10-8-19-42(44)48-46(50)31-30-45-47(48)41-18-7-9-20-43(41)49(45)39-28-26-36(27-29-39)34-14-5-2-6-15-34/h2-3,5-10,12-16,18-22,24-32,35H,1,4,11,17,23H2. The molecular weight excluding hydrogens is 605 g/mol. The Morgan fingerprint density at radius 2 is 1.18 bits per heavy atom. The van der Waals surface area contributed by atoms with Gasteiger partial charge in [-0.15, -0.1) is 0 Å². The van der Waals surface area contributed by atoms with Gasteiger partial charge in [-0.3, -0.25) is 0 Å². The molecule has 2 nitrogen and oxygen atoms in total. The fraction of sp³-hybridized carbons (Fsp3) is 0.125. The lowest BCUT2D eigenvalue weighted by molar-refractivity contribution is 0.765. The third kappa shape index (κ3) is 4.70. The molecule has 0 aliphatic heterocycles. The minimum Gasteiger partial charge on any atom is -0.313 e. The average molecular weight is 643 g/mol. The van der Waals surface area contributed by atoms with Crippen molar-refractivity contribution in [2.24, 2.45) is 5.92 Å². The van der Waals surface area contributed by atoms with E-state index in [1.807, 2.05) is 0 Å². The van der Waals surface area contributed by atoms with E-state index in [1.54, 1.807) is 0 Å². The van der Waals surface area contributed by atoms with Crippen molar-refractivity contribution >= 4 is 49.3 Å². The normalized spacial score (nSPS) is 17.7. The lowest BCUT2D eigenvalue weighted by Crippen LogP contribution is -2.06. The number of allylic oxidation sites excluding steroid dienone is 12. The predicted molar refractivity (Wildman–Crippen MR) is 213 cm³/mol. The molecule has 1 unspecified atom stereocenters. The van der Waals surface area contributed by atoms with Gasteiger partial charge in [0.05, 0.1) is 22.1 Å². The summed E-state index contributed by atoms with van der Waals surface area (Å²) in [5.41, 5.74) is 14.2. The molecule has 3 aliphatic rings. The Bertz CT molecular complexity index is 2650. The Balaban J connectivity index is 1.11. The quantitative estimate of drug-likeness (QED) is 0.177. The van der Waals surface area contributed by atoms with Crippen molar-refractivity contribution in [3.8, 4) is 16.8 Å². The number of nitrogens with zero attached hydrogens (tertiary/aromatic N) is 2. The highest BCUT2D eigenvalue weighted by molar-refractivity contribution is 6.29. The summed E-state index contributed by atoms with van der Waals surface area (Å²) in [7, 11) is 0. The van der Waals surface area contributed by atoms with Crippen LogP contribution in [-0.4, -0.2) is 9.13 Å². The highest BCUT2D eigenvalue weighted by Crippen LogP contribution is 2.43. The molecule has 0 amide bonds. The van der Waals surface area contributed by atoms with Crippen LogP contribution < -0.4 is 0 Å². The van der Waals surface area contributed by atoms with E-state index >= 15 is 0 Å². The molecule has 240 valence electrons. The second kappa shape index (κ2) is 11.9. The van der Waals surface area contributed by atoms with E-state index in [9.17, 15) is 0 Å². The molecule has 50 heavy (non-hydrogen) atoms. The molecule has 0 saturated carbocycles. The van der Waals surface area contributed by atoms with E-state index in [-0.39, 0.29) is 0 Å². The molecule has 7 aromatic rings. The van der Waals surface area contributed by atoms with Gasteiger partial charge in [0.1, 0.15) is 0 Å². The smallest absolute Gasteiger partial charge is 0.0548 e. The minimum absolute atomic E-state index is 0.492. The summed E-state index contributed by atoms with van der Waals surface area (Å²) in [6.45, 7) is 0. The Hall–Kier alpha value is -5.86. The maximum Gasteiger partial charge on any atom is 0.0548 e. The maximum absolute atomic E-state index is 2.55. The molecule has 0 fully saturated rings. The Morgan fingerprint density at radius 3 is 1.88 bits per heavy atom. The summed E-state index contributed by atoms with van der Waals surface area (Å²) < 4.78 is 4.99. The van der Waals surface area contributed by atoms with E-state index < -0.39 is 0 Å². The zero-order valence-corrected chi connectivity index (χ0v) is 28.1. The summed E-state index contributed by atoms with van der Waals surface area (Å²) in [5, 5.41) is 5.25. The van der Waals surface area contributed by atoms with Crippen LogP contribution in [0.4, 0.5) is 0 Å². The topological polar surface area (TPSA) is 9.86 Å². The highest BCUT2D eigenvalue weighted by atomic mass is 15.0. The molecule has 0 saturated heterocycles. The van der Waals surface area contributed by atoms with Gasteiger partial charge in [0.15, 0.2) is 0 Å². The van der Waals surface area contributed by atoms with Gasteiger partial charge in [0.25, 0.3) is 0 Å². The molecule has 2 heteroatoms. The third-order valence-corrected chi connectivity index (χ3v) is 11.0. The number of benzene rings is 5. The van der Waals surface area contributed by atoms with Crippen molar-refractivity contribution < 1.29 is 0 Å². The Kier molecular flexibility index (Phi) is 6.94. The van der Waals surface area contributed by atoms with Crippen LogP contribution in [0.25, 0.3) is 66.1 Å². The number of para-hydroxylation sites is 2. The zero-order valence-electron chi connectivity index (χ0n) is 28.1. The first-order valence-corrected chi connectivity index (χ1v) is 18.1. The molecular formula is C48H38N2. The first kappa shape index (κ1) is 29.1. The van der Waals surface area contributed by atoms with E-state index in [4.69, 9.17) is 0 Å². The number of aromatic nitrogens is 2. The highest BCUT2D eigenvalue weighted by Gasteiger charge is 2.22. The summed E-state index contributed by atoms with van der Waals surface area (Å²) in [6.07, 6.45) is 24.6. The van der Waals surface area contributed by atoms with Crippen molar-refractivity contribution in [1.82, 2.24) is 9.13 Å². The van der Waals surface area contributed by atoms with Gasteiger partial charge < -0.3 is 9.13 Å². The van der Waals surface area contributed by atoms with Gasteiger partial charge in [-0.2, -0.15) is 0 Å². The lowest BCUT2D eigenvalue weighted by Gasteiger charge is -2.22. The first-order valence-electron chi connectivity index (χ1n) is 18.1. The molecule has 2 heterocycles. The van der Waals surface area contributed by atoms with Gasteiger partial charge in [-0.25, -0.2) is 0 Å². The molecule has 3 aliphatic carbocycles. The van der Waals surface area contributed by atoms with E-state index in [0.717, 1.165) is 25.7 Å². The van der Waals surface area contributed by atoms with Gasteiger partial charge in [0, 0.05) is 38.8 Å². The molecule has 0 radical (unpaired) electrons. The van der Waals surface area contributed by atoms with Gasteiger partial charge in [0.2, 0.25) is 0 Å².